The maximum Gasteiger partial charge on any atom is 0.417 e. The Labute approximate surface area is 168 Å². The minimum Gasteiger partial charge on any atom is -0.506 e. The molecule has 0 fully saturated rings. The van der Waals surface area contributed by atoms with Crippen LogP contribution in [0.15, 0.2) is 36.4 Å². The second-order valence-electron chi connectivity index (χ2n) is 6.01. The highest BCUT2D eigenvalue weighted by atomic mass is 35.5. The molecule has 0 saturated heterocycles. The maximum atomic E-state index is 13.2. The van der Waals surface area contributed by atoms with E-state index in [0.29, 0.717) is 10.9 Å². The van der Waals surface area contributed by atoms with E-state index in [1.807, 2.05) is 0 Å². The summed E-state index contributed by atoms with van der Waals surface area (Å²) in [7, 11) is 0. The number of aromatic hydroxyl groups is 1. The molecule has 28 heavy (non-hydrogen) atoms. The first-order chi connectivity index (χ1) is 13.1. The van der Waals surface area contributed by atoms with E-state index in [4.69, 9.17) is 27.9 Å². The minimum absolute atomic E-state index is 0.0503. The fourth-order valence-corrected chi connectivity index (χ4v) is 3.27. The van der Waals surface area contributed by atoms with Gasteiger partial charge in [-0.05, 0) is 42.8 Å². The third-order valence-electron chi connectivity index (χ3n) is 4.13. The summed E-state index contributed by atoms with van der Waals surface area (Å²) >= 11 is 11.6. The molecule has 148 valence electrons. The zero-order valence-electron chi connectivity index (χ0n) is 14.5. The topological polar surface area (TPSA) is 51.5 Å². The summed E-state index contributed by atoms with van der Waals surface area (Å²) in [6.07, 6.45) is -4.61. The van der Waals surface area contributed by atoms with Crippen molar-refractivity contribution in [2.45, 2.75) is 19.6 Å². The first-order valence-electron chi connectivity index (χ1n) is 8.16. The summed E-state index contributed by atoms with van der Waals surface area (Å²) in [5, 5.41) is 9.94. The molecule has 3 aromatic rings. The number of fused-ring (bicyclic) bond motifs is 1. The predicted octanol–water partition coefficient (Wildman–Crippen LogP) is 5.90. The van der Waals surface area contributed by atoms with Crippen LogP contribution >= 0.6 is 23.2 Å². The molecule has 1 N–H and O–H groups in total. The molecule has 0 bridgehead atoms. The average molecular weight is 432 g/mol. The molecule has 0 unspecified atom stereocenters. The lowest BCUT2D eigenvalue weighted by Gasteiger charge is -2.14. The number of carbonyl (C=O) groups excluding carboxylic acids is 1. The molecule has 0 aliphatic heterocycles. The lowest BCUT2D eigenvalue weighted by Crippen LogP contribution is -2.13. The van der Waals surface area contributed by atoms with Crippen LogP contribution in [-0.4, -0.2) is 22.2 Å². The third kappa shape index (κ3) is 3.91. The van der Waals surface area contributed by atoms with E-state index in [9.17, 15) is 23.1 Å². The largest absolute Gasteiger partial charge is 0.506 e. The molecule has 0 radical (unpaired) electrons. The van der Waals surface area contributed by atoms with Gasteiger partial charge in [-0.15, -0.1) is 0 Å². The number of hydrogen-bond donors (Lipinski definition) is 1. The predicted molar refractivity (Wildman–Crippen MR) is 100 cm³/mol. The van der Waals surface area contributed by atoms with Gasteiger partial charge in [0.05, 0.1) is 27.7 Å². The number of carbonyl (C=O) groups is 1. The van der Waals surface area contributed by atoms with Gasteiger partial charge in [0.25, 0.3) is 0 Å². The summed E-state index contributed by atoms with van der Waals surface area (Å²) < 4.78 is 46.0. The van der Waals surface area contributed by atoms with Gasteiger partial charge in [0, 0.05) is 11.9 Å². The molecule has 1 heterocycles. The fourth-order valence-electron chi connectivity index (χ4n) is 2.89. The molecule has 2 aromatic carbocycles. The maximum absolute atomic E-state index is 13.2. The van der Waals surface area contributed by atoms with Gasteiger partial charge < -0.3 is 14.4 Å². The van der Waals surface area contributed by atoms with Gasteiger partial charge in [0.2, 0.25) is 0 Å². The van der Waals surface area contributed by atoms with E-state index in [0.717, 1.165) is 12.1 Å². The van der Waals surface area contributed by atoms with Crippen LogP contribution in [0.3, 0.4) is 0 Å². The number of halogens is 5. The third-order valence-corrected chi connectivity index (χ3v) is 4.76. The standard InChI is InChI=1S/C19H14Cl2F3NO3/c1-2-28-18(27)16-6-11-7-17(26)14(21)8-15(11)25(16)9-10-3-4-13(20)12(5-10)19(22,23)24/h3-8,26H,2,9H2,1H3. The fraction of sp³-hybridized carbons (Fsp3) is 0.211. The van der Waals surface area contributed by atoms with Crippen LogP contribution < -0.4 is 0 Å². The number of ether oxygens (including phenoxy) is 1. The van der Waals surface area contributed by atoms with Crippen molar-refractivity contribution in [3.8, 4) is 5.75 Å². The second kappa shape index (κ2) is 7.56. The highest BCUT2D eigenvalue weighted by Crippen LogP contribution is 2.36. The molecule has 4 nitrogen and oxygen atoms in total. The van der Waals surface area contributed by atoms with E-state index in [2.05, 4.69) is 0 Å². The van der Waals surface area contributed by atoms with Crippen molar-refractivity contribution in [2.75, 3.05) is 6.61 Å². The van der Waals surface area contributed by atoms with Crippen molar-refractivity contribution in [1.82, 2.24) is 4.57 Å². The molecule has 0 spiro atoms. The zero-order valence-corrected chi connectivity index (χ0v) is 16.0. The molecular formula is C19H14Cl2F3NO3. The number of hydrogen-bond acceptors (Lipinski definition) is 3. The van der Waals surface area contributed by atoms with Crippen LogP contribution in [0.5, 0.6) is 5.75 Å². The van der Waals surface area contributed by atoms with Crippen molar-refractivity contribution < 1.29 is 27.8 Å². The Morgan fingerprint density at radius 2 is 1.86 bits per heavy atom. The Balaban J connectivity index is 2.15. The number of rotatable bonds is 4. The number of aromatic nitrogens is 1. The van der Waals surface area contributed by atoms with Crippen LogP contribution in [0, 0.1) is 0 Å². The Morgan fingerprint density at radius 3 is 2.50 bits per heavy atom. The van der Waals surface area contributed by atoms with Crippen LogP contribution in [0.1, 0.15) is 28.5 Å². The van der Waals surface area contributed by atoms with Gasteiger partial charge in [-0.2, -0.15) is 13.2 Å². The monoisotopic (exact) mass is 431 g/mol. The van der Waals surface area contributed by atoms with Crippen molar-refractivity contribution in [3.63, 3.8) is 0 Å². The van der Waals surface area contributed by atoms with E-state index in [1.54, 1.807) is 6.92 Å². The first kappa shape index (κ1) is 20.4. The Kier molecular flexibility index (Phi) is 5.50. The highest BCUT2D eigenvalue weighted by Gasteiger charge is 2.33. The van der Waals surface area contributed by atoms with Crippen LogP contribution in [0.2, 0.25) is 10.0 Å². The molecule has 3 rings (SSSR count). The summed E-state index contributed by atoms with van der Waals surface area (Å²) in [5.41, 5.74) is -0.0863. The van der Waals surface area contributed by atoms with Gasteiger partial charge in [0.1, 0.15) is 11.4 Å². The van der Waals surface area contributed by atoms with E-state index >= 15 is 0 Å². The zero-order chi connectivity index (χ0) is 20.6. The van der Waals surface area contributed by atoms with Crippen molar-refractivity contribution >= 4 is 40.1 Å². The van der Waals surface area contributed by atoms with Crippen molar-refractivity contribution in [3.05, 3.63) is 63.3 Å². The molecule has 0 aliphatic rings. The molecule has 9 heteroatoms. The van der Waals surface area contributed by atoms with Crippen LogP contribution in [0.25, 0.3) is 10.9 Å². The molecular weight excluding hydrogens is 418 g/mol. The summed E-state index contributed by atoms with van der Waals surface area (Å²) in [6.45, 7) is 1.72. The van der Waals surface area contributed by atoms with Crippen molar-refractivity contribution in [1.29, 1.82) is 0 Å². The normalized spacial score (nSPS) is 11.8. The second-order valence-corrected chi connectivity index (χ2v) is 6.82. The summed E-state index contributed by atoms with van der Waals surface area (Å²) in [5.74, 6) is -0.813. The van der Waals surface area contributed by atoms with E-state index in [-0.39, 0.29) is 35.2 Å². The van der Waals surface area contributed by atoms with Gasteiger partial charge in [-0.25, -0.2) is 4.79 Å². The summed E-state index contributed by atoms with van der Waals surface area (Å²) in [4.78, 5) is 12.3. The van der Waals surface area contributed by atoms with Crippen LogP contribution in [-0.2, 0) is 17.5 Å². The molecule has 0 atom stereocenters. The Morgan fingerprint density at radius 1 is 1.14 bits per heavy atom. The smallest absolute Gasteiger partial charge is 0.417 e. The number of alkyl halides is 3. The first-order valence-corrected chi connectivity index (χ1v) is 8.92. The van der Waals surface area contributed by atoms with Gasteiger partial charge in [-0.3, -0.25) is 0 Å². The SMILES string of the molecule is CCOC(=O)c1cc2cc(O)c(Cl)cc2n1Cc1ccc(Cl)c(C(F)(F)F)c1. The number of phenolic OH excluding ortho intramolecular Hbond substituents is 1. The molecule has 0 amide bonds. The van der Waals surface area contributed by atoms with Gasteiger partial charge >= 0.3 is 12.1 Å². The minimum atomic E-state index is -4.61. The van der Waals surface area contributed by atoms with E-state index < -0.39 is 22.7 Å². The average Bonchev–Trinajstić information content (AvgIpc) is 2.94. The van der Waals surface area contributed by atoms with Gasteiger partial charge in [-0.1, -0.05) is 29.3 Å². The lowest BCUT2D eigenvalue weighted by atomic mass is 10.1. The lowest BCUT2D eigenvalue weighted by molar-refractivity contribution is -0.137. The summed E-state index contributed by atoms with van der Waals surface area (Å²) in [6, 6.07) is 7.85. The number of esters is 1. The molecule has 0 saturated carbocycles. The van der Waals surface area contributed by atoms with Gasteiger partial charge in [0.15, 0.2) is 0 Å². The number of benzene rings is 2. The Bertz CT molecular complexity index is 1060. The number of phenols is 1. The van der Waals surface area contributed by atoms with E-state index in [1.165, 1.54) is 28.8 Å². The number of nitrogens with zero attached hydrogens (tertiary/aromatic N) is 1. The Hall–Kier alpha value is -2.38. The van der Waals surface area contributed by atoms with Crippen molar-refractivity contribution in [2.24, 2.45) is 0 Å². The van der Waals surface area contributed by atoms with Crippen LogP contribution in [0.4, 0.5) is 13.2 Å². The molecule has 1 aromatic heterocycles. The highest BCUT2D eigenvalue weighted by molar-refractivity contribution is 6.32. The quantitative estimate of drug-likeness (QED) is 0.523. The molecule has 0 aliphatic carbocycles.